The second kappa shape index (κ2) is 7.23. The lowest BCUT2D eigenvalue weighted by Crippen LogP contribution is -2.24. The minimum Gasteiger partial charge on any atom is -0.302 e. The van der Waals surface area contributed by atoms with Gasteiger partial charge >= 0.3 is 0 Å². The van der Waals surface area contributed by atoms with E-state index in [1.807, 2.05) is 36.0 Å². The predicted molar refractivity (Wildman–Crippen MR) is 92.6 cm³/mol. The maximum atomic E-state index is 11.1. The third-order valence-electron chi connectivity index (χ3n) is 3.98. The molecular weight excluding hydrogens is 302 g/mol. The van der Waals surface area contributed by atoms with E-state index < -0.39 is 0 Å². The topological polar surface area (TPSA) is 75.6 Å². The van der Waals surface area contributed by atoms with E-state index in [1.165, 1.54) is 11.6 Å². The molecule has 0 amide bonds. The van der Waals surface area contributed by atoms with Gasteiger partial charge in [-0.2, -0.15) is 10.2 Å². The monoisotopic (exact) mass is 323 g/mol. The third-order valence-corrected chi connectivity index (χ3v) is 3.98. The number of aromatic amines is 1. The van der Waals surface area contributed by atoms with E-state index in [1.54, 1.807) is 6.07 Å². The fourth-order valence-electron chi connectivity index (χ4n) is 2.61. The van der Waals surface area contributed by atoms with Crippen LogP contribution >= 0.6 is 0 Å². The van der Waals surface area contributed by atoms with Crippen molar-refractivity contribution in [3.05, 3.63) is 82.0 Å². The van der Waals surface area contributed by atoms with Gasteiger partial charge in [0, 0.05) is 29.9 Å². The van der Waals surface area contributed by atoms with Crippen molar-refractivity contribution in [2.24, 2.45) is 0 Å². The van der Waals surface area contributed by atoms with Crippen LogP contribution in [0.15, 0.2) is 59.7 Å². The zero-order valence-corrected chi connectivity index (χ0v) is 13.8. The number of aromatic nitrogens is 4. The number of benzene rings is 1. The van der Waals surface area contributed by atoms with E-state index in [4.69, 9.17) is 0 Å². The second-order valence-electron chi connectivity index (χ2n) is 5.91. The Labute approximate surface area is 140 Å². The van der Waals surface area contributed by atoms with Crippen LogP contribution in [0.5, 0.6) is 0 Å². The highest BCUT2D eigenvalue weighted by atomic mass is 16.1. The summed E-state index contributed by atoms with van der Waals surface area (Å²) in [5.41, 5.74) is 2.94. The van der Waals surface area contributed by atoms with Crippen molar-refractivity contribution >= 4 is 0 Å². The summed E-state index contributed by atoms with van der Waals surface area (Å²) in [6, 6.07) is 13.6. The van der Waals surface area contributed by atoms with Gasteiger partial charge in [0.05, 0.1) is 18.4 Å². The molecule has 0 aliphatic rings. The summed E-state index contributed by atoms with van der Waals surface area (Å²) >= 11 is 0. The van der Waals surface area contributed by atoms with Gasteiger partial charge in [0.15, 0.2) is 0 Å². The Morgan fingerprint density at radius 3 is 2.62 bits per heavy atom. The molecule has 1 aromatic carbocycles. The van der Waals surface area contributed by atoms with Crippen molar-refractivity contribution in [2.75, 3.05) is 0 Å². The fourth-order valence-corrected chi connectivity index (χ4v) is 2.61. The lowest BCUT2D eigenvalue weighted by molar-refractivity contribution is 0.482. The van der Waals surface area contributed by atoms with Crippen molar-refractivity contribution in [3.63, 3.8) is 0 Å². The SMILES string of the molecule is C[C@H](N[C@H](C)c1cnn(Cc2ccccc2)c1)c1ccc(=O)[nH]n1. The Bertz CT molecular complexity index is 819. The number of H-pyrrole nitrogens is 1. The fraction of sp³-hybridized carbons (Fsp3) is 0.278. The van der Waals surface area contributed by atoms with Crippen molar-refractivity contribution in [1.29, 1.82) is 0 Å². The van der Waals surface area contributed by atoms with E-state index in [0.29, 0.717) is 0 Å². The van der Waals surface area contributed by atoms with Crippen LogP contribution in [0.3, 0.4) is 0 Å². The molecule has 0 saturated carbocycles. The molecule has 2 atom stereocenters. The van der Waals surface area contributed by atoms with Crippen LogP contribution in [-0.4, -0.2) is 20.0 Å². The van der Waals surface area contributed by atoms with E-state index in [0.717, 1.165) is 17.8 Å². The summed E-state index contributed by atoms with van der Waals surface area (Å²) < 4.78 is 1.94. The molecule has 24 heavy (non-hydrogen) atoms. The maximum Gasteiger partial charge on any atom is 0.264 e. The Morgan fingerprint density at radius 2 is 1.92 bits per heavy atom. The first-order chi connectivity index (χ1) is 11.6. The quantitative estimate of drug-likeness (QED) is 0.730. The number of hydrogen-bond donors (Lipinski definition) is 2. The summed E-state index contributed by atoms with van der Waals surface area (Å²) in [4.78, 5) is 11.1. The summed E-state index contributed by atoms with van der Waals surface area (Å²) in [5.74, 6) is 0. The van der Waals surface area contributed by atoms with Crippen LogP contribution in [0, 0.1) is 0 Å². The molecule has 0 aliphatic carbocycles. The second-order valence-corrected chi connectivity index (χ2v) is 5.91. The first-order valence-corrected chi connectivity index (χ1v) is 8.00. The van der Waals surface area contributed by atoms with Gasteiger partial charge in [0.1, 0.15) is 0 Å². The highest BCUT2D eigenvalue weighted by Crippen LogP contribution is 2.17. The van der Waals surface area contributed by atoms with E-state index in [2.05, 4.69) is 45.9 Å². The van der Waals surface area contributed by atoms with E-state index in [9.17, 15) is 4.79 Å². The molecule has 0 unspecified atom stereocenters. The number of rotatable bonds is 6. The molecule has 0 spiro atoms. The van der Waals surface area contributed by atoms with Crippen LogP contribution in [0.1, 0.15) is 42.8 Å². The first kappa shape index (κ1) is 16.1. The molecule has 3 rings (SSSR count). The van der Waals surface area contributed by atoms with Crippen LogP contribution in [0.4, 0.5) is 0 Å². The largest absolute Gasteiger partial charge is 0.302 e. The van der Waals surface area contributed by atoms with Crippen molar-refractivity contribution in [3.8, 4) is 0 Å². The van der Waals surface area contributed by atoms with Crippen LogP contribution in [0.2, 0.25) is 0 Å². The average Bonchev–Trinajstić information content (AvgIpc) is 3.05. The van der Waals surface area contributed by atoms with Gasteiger partial charge < -0.3 is 5.32 Å². The minimum atomic E-state index is -0.193. The molecule has 2 N–H and O–H groups in total. The molecule has 0 aliphatic heterocycles. The van der Waals surface area contributed by atoms with Crippen LogP contribution in [0.25, 0.3) is 0 Å². The Morgan fingerprint density at radius 1 is 1.12 bits per heavy atom. The minimum absolute atomic E-state index is 0.0225. The Kier molecular flexibility index (Phi) is 4.86. The summed E-state index contributed by atoms with van der Waals surface area (Å²) in [7, 11) is 0. The van der Waals surface area contributed by atoms with E-state index in [-0.39, 0.29) is 17.6 Å². The molecule has 6 nitrogen and oxygen atoms in total. The zero-order valence-electron chi connectivity index (χ0n) is 13.8. The van der Waals surface area contributed by atoms with Crippen molar-refractivity contribution in [2.45, 2.75) is 32.5 Å². The maximum absolute atomic E-state index is 11.1. The molecule has 6 heteroatoms. The van der Waals surface area contributed by atoms with Gasteiger partial charge in [-0.1, -0.05) is 30.3 Å². The van der Waals surface area contributed by atoms with Gasteiger partial charge in [-0.05, 0) is 25.5 Å². The first-order valence-electron chi connectivity index (χ1n) is 8.00. The molecule has 0 saturated heterocycles. The van der Waals surface area contributed by atoms with Gasteiger partial charge in [-0.15, -0.1) is 0 Å². The smallest absolute Gasteiger partial charge is 0.264 e. The van der Waals surface area contributed by atoms with Crippen molar-refractivity contribution < 1.29 is 0 Å². The highest BCUT2D eigenvalue weighted by molar-refractivity contribution is 5.17. The molecule has 0 fully saturated rings. The molecule has 2 heterocycles. The number of nitrogens with zero attached hydrogens (tertiary/aromatic N) is 3. The molecule has 0 radical (unpaired) electrons. The predicted octanol–water partition coefficient (Wildman–Crippen LogP) is 2.43. The normalized spacial score (nSPS) is 13.6. The average molecular weight is 323 g/mol. The summed E-state index contributed by atoms with van der Waals surface area (Å²) in [5, 5.41) is 14.4. The lowest BCUT2D eigenvalue weighted by Gasteiger charge is -2.18. The number of hydrogen-bond acceptors (Lipinski definition) is 4. The molecule has 2 aromatic heterocycles. The van der Waals surface area contributed by atoms with Crippen LogP contribution < -0.4 is 10.9 Å². The Hall–Kier alpha value is -2.73. The lowest BCUT2D eigenvalue weighted by atomic mass is 10.1. The molecule has 0 bridgehead atoms. The van der Waals surface area contributed by atoms with Crippen molar-refractivity contribution in [1.82, 2.24) is 25.3 Å². The molecule has 3 aromatic rings. The highest BCUT2D eigenvalue weighted by Gasteiger charge is 2.14. The van der Waals surface area contributed by atoms with Gasteiger partial charge in [0.2, 0.25) is 0 Å². The number of nitrogens with one attached hydrogen (secondary N) is 2. The van der Waals surface area contributed by atoms with Gasteiger partial charge in [-0.3, -0.25) is 9.48 Å². The van der Waals surface area contributed by atoms with E-state index >= 15 is 0 Å². The standard InChI is InChI=1S/C18H21N5O/c1-13(20-14(2)17-8-9-18(24)22-21-17)16-10-19-23(12-16)11-15-6-4-3-5-7-15/h3-10,12-14,20H,11H2,1-2H3,(H,22,24)/t13-,14+/m1/s1. The zero-order chi connectivity index (χ0) is 16.9. The summed E-state index contributed by atoms with van der Waals surface area (Å²) in [6.45, 7) is 4.86. The van der Waals surface area contributed by atoms with Crippen LogP contribution in [-0.2, 0) is 6.54 Å². The van der Waals surface area contributed by atoms with Gasteiger partial charge in [0.25, 0.3) is 5.56 Å². The molecule has 124 valence electrons. The molecular formula is C18H21N5O. The van der Waals surface area contributed by atoms with Gasteiger partial charge in [-0.25, -0.2) is 5.10 Å². The summed E-state index contributed by atoms with van der Waals surface area (Å²) in [6.07, 6.45) is 3.94. The Balaban J connectivity index is 1.64. The third kappa shape index (κ3) is 3.97.